The van der Waals surface area contributed by atoms with E-state index < -0.39 is 0 Å². The Hall–Kier alpha value is 1.20. The van der Waals surface area contributed by atoms with Crippen molar-refractivity contribution in [3.05, 3.63) is 0 Å². The van der Waals surface area contributed by atoms with Crippen molar-refractivity contribution in [1.29, 1.82) is 0 Å². The van der Waals surface area contributed by atoms with E-state index in [4.69, 9.17) is 0 Å². The first-order valence-electron chi connectivity index (χ1n) is 1.20. The van der Waals surface area contributed by atoms with Crippen LogP contribution in [0.3, 0.4) is 0 Å². The molecule has 0 aliphatic rings. The van der Waals surface area contributed by atoms with Crippen LogP contribution in [0.4, 0.5) is 0 Å². The van der Waals surface area contributed by atoms with Gasteiger partial charge in [0.2, 0.25) is 0 Å². The molecule has 0 aromatic carbocycles. The molecule has 0 atom stereocenters. The molecule has 4 heterocycles. The van der Waals surface area contributed by atoms with Crippen LogP contribution in [-0.2, 0) is 0 Å². The van der Waals surface area contributed by atoms with Crippen molar-refractivity contribution >= 4 is 25.5 Å². The first-order chi connectivity index (χ1) is 2.00. The van der Waals surface area contributed by atoms with Crippen LogP contribution in [-0.4, -0.2) is 0 Å². The summed E-state index contributed by atoms with van der Waals surface area (Å²) >= 11 is 0. The molecule has 0 bridgehead atoms. The largest absolute Gasteiger partial charge is 0 e. The van der Waals surface area contributed by atoms with E-state index in [9.17, 15) is 0 Å². The molecule has 0 unspecified atom stereocenters. The monoisotopic (exact) mass is 124 g/mol. The number of hydrogen-bond donors (Lipinski definition) is 0. The van der Waals surface area contributed by atoms with Gasteiger partial charge in [0, 0.05) is 25.5 Å². The Balaban J connectivity index is 4.50. The van der Waals surface area contributed by atoms with Gasteiger partial charge in [-0.1, -0.05) is 0 Å². The van der Waals surface area contributed by atoms with Gasteiger partial charge in [-0.25, -0.2) is 0 Å². The SMILES string of the molecule is p12p3p1p23. The molecule has 4 heavy (non-hydrogen) atoms. The van der Waals surface area contributed by atoms with Crippen molar-refractivity contribution in [1.82, 2.24) is 0 Å². The third-order valence-electron chi connectivity index (χ3n) is 0.838. The Morgan fingerprint density at radius 2 is 0.750 bits per heavy atom. The highest BCUT2D eigenvalue weighted by molar-refractivity contribution is 9.37. The standard InChI is InChI=1S/P4/c1-2-3(1)4(1)2. The fraction of sp³-hybridized carbons (Fsp3) is 0. The van der Waals surface area contributed by atoms with Crippen LogP contribution >= 0.6 is 25.5 Å². The van der Waals surface area contributed by atoms with E-state index in [2.05, 4.69) is 0 Å². The summed E-state index contributed by atoms with van der Waals surface area (Å²) in [5.41, 5.74) is 0. The fourth-order valence-corrected chi connectivity index (χ4v) is 61.9. The molecule has 0 fully saturated rings. The molecular weight excluding hydrogens is 124 g/mol. The molecule has 0 N–H and O–H groups in total. The van der Waals surface area contributed by atoms with Gasteiger partial charge in [-0.05, 0) is 0 Å². The topological polar surface area (TPSA) is 0 Å². The minimum atomic E-state index is 1.07. The summed E-state index contributed by atoms with van der Waals surface area (Å²) in [5, 5.41) is 0. The van der Waals surface area contributed by atoms with E-state index in [0.717, 1.165) is 25.5 Å². The molecule has 4 aromatic rings. The van der Waals surface area contributed by atoms with Crippen LogP contribution in [0.2, 0.25) is 0 Å². The summed E-state index contributed by atoms with van der Waals surface area (Å²) in [6, 6.07) is 0. The lowest BCUT2D eigenvalue weighted by molar-refractivity contribution is 6.10. The summed E-state index contributed by atoms with van der Waals surface area (Å²) in [7, 11) is 0. The molecule has 20 valence electrons. The van der Waals surface area contributed by atoms with Crippen molar-refractivity contribution in [3.8, 4) is 0 Å². The molecule has 0 spiro atoms. The summed E-state index contributed by atoms with van der Waals surface area (Å²) in [5.74, 6) is 0. The summed E-state index contributed by atoms with van der Waals surface area (Å²) in [6.45, 7) is 0. The van der Waals surface area contributed by atoms with E-state index in [1.165, 1.54) is 0 Å². The lowest BCUT2D eigenvalue weighted by Gasteiger charge is -0.816. The van der Waals surface area contributed by atoms with Gasteiger partial charge < -0.3 is 0 Å². The maximum absolute atomic E-state index is 1.07. The van der Waals surface area contributed by atoms with Crippen LogP contribution in [0.15, 0.2) is 0 Å². The lowest BCUT2D eigenvalue weighted by atomic mass is 30.2. The molecule has 4 heteroatoms. The van der Waals surface area contributed by atoms with E-state index in [1.807, 2.05) is 0 Å². The van der Waals surface area contributed by atoms with E-state index in [1.54, 1.807) is 0 Å². The fourth-order valence-electron chi connectivity index (χ4n) is 0.335. The highest BCUT2D eigenvalue weighted by Crippen LogP contribution is 3.31. The van der Waals surface area contributed by atoms with Crippen LogP contribution in [0.1, 0.15) is 0 Å². The van der Waals surface area contributed by atoms with Gasteiger partial charge in [0.25, 0.3) is 0 Å². The average molecular weight is 124 g/mol. The molecule has 0 aliphatic carbocycles. The first kappa shape index (κ1) is 1.77. The highest BCUT2D eigenvalue weighted by atomic mass is 33.4. The molecular formula is P4. The van der Waals surface area contributed by atoms with Crippen molar-refractivity contribution in [2.24, 2.45) is 0 Å². The smallest absolute Gasteiger partial charge is 0 e. The summed E-state index contributed by atoms with van der Waals surface area (Å²) < 4.78 is 0. The van der Waals surface area contributed by atoms with Crippen molar-refractivity contribution in [3.63, 3.8) is 0 Å². The zero-order chi connectivity index (χ0) is 2.31. The number of hydrogen-bond acceptors (Lipinski definition) is 0. The molecule has 0 amide bonds. The molecule has 0 saturated carbocycles. The van der Waals surface area contributed by atoms with E-state index in [0.29, 0.717) is 0 Å². The normalized spacial score (nSPS) is 36.0. The minimum absolute atomic E-state index is 1.07. The second-order valence-corrected chi connectivity index (χ2v) is 29.0. The highest BCUT2D eigenvalue weighted by Gasteiger charge is 2.45. The van der Waals surface area contributed by atoms with Crippen LogP contribution in [0.25, 0.3) is 0 Å². The lowest BCUT2D eigenvalue weighted by Crippen LogP contribution is 0.0447. The third kappa shape index (κ3) is 0.0524. The van der Waals surface area contributed by atoms with E-state index in [-0.39, 0.29) is 0 Å². The van der Waals surface area contributed by atoms with Gasteiger partial charge in [-0.15, -0.1) is 0 Å². The van der Waals surface area contributed by atoms with Gasteiger partial charge >= 0.3 is 0 Å². The first-order valence-corrected chi connectivity index (χ1v) is 10.8. The number of rotatable bonds is 0. The summed E-state index contributed by atoms with van der Waals surface area (Å²) in [6.07, 6.45) is 4.30. The summed E-state index contributed by atoms with van der Waals surface area (Å²) in [4.78, 5) is 0. The van der Waals surface area contributed by atoms with E-state index >= 15 is 0 Å². The van der Waals surface area contributed by atoms with Gasteiger partial charge in [0.05, 0.1) is 0 Å². The Bertz CT molecular complexity index is 154. The zero-order valence-corrected chi connectivity index (χ0v) is 5.37. The zero-order valence-electron chi connectivity index (χ0n) is 1.79. The molecule has 0 aliphatic heterocycles. The van der Waals surface area contributed by atoms with Crippen LogP contribution in [0.5, 0.6) is 0 Å². The second-order valence-electron chi connectivity index (χ2n) is 1.07. The van der Waals surface area contributed by atoms with Crippen molar-refractivity contribution < 1.29 is 0 Å². The molecule has 4 aromatic heterocycles. The molecule has 0 radical (unpaired) electrons. The predicted octanol–water partition coefficient (Wildman–Crippen LogP) is 3.44. The van der Waals surface area contributed by atoms with Crippen LogP contribution in [0, 0.1) is 0 Å². The van der Waals surface area contributed by atoms with Crippen molar-refractivity contribution in [2.45, 2.75) is 0 Å². The third-order valence-corrected chi connectivity index (χ3v) is 48.5. The van der Waals surface area contributed by atoms with Crippen molar-refractivity contribution in [2.75, 3.05) is 0 Å². The van der Waals surface area contributed by atoms with Crippen LogP contribution < -0.4 is 0 Å². The maximum atomic E-state index is 1.07. The predicted molar refractivity (Wildman–Crippen MR) is 27.7 cm³/mol. The Kier molecular flexibility index (Phi) is 0.109. The van der Waals surface area contributed by atoms with Gasteiger partial charge in [-0.2, -0.15) is 0 Å². The van der Waals surface area contributed by atoms with Gasteiger partial charge in [0.15, 0.2) is 0 Å². The molecule has 0 nitrogen and oxygen atoms in total. The molecule has 4 rings (SSSR count). The Morgan fingerprint density at radius 3 is 0.750 bits per heavy atom. The average Bonchev–Trinajstić information content (AvgIpc) is 1.71. The molecule has 0 saturated heterocycles. The minimum Gasteiger partial charge on any atom is 0 e. The maximum Gasteiger partial charge on any atom is 0 e. The quantitative estimate of drug-likeness (QED) is 0.430. The second kappa shape index (κ2) is 0.247. The van der Waals surface area contributed by atoms with Gasteiger partial charge in [0.1, 0.15) is 0 Å². The van der Waals surface area contributed by atoms with Gasteiger partial charge in [-0.3, -0.25) is 0 Å². The Labute approximate surface area is 26.3 Å². The Morgan fingerprint density at radius 1 is 0.500 bits per heavy atom.